The quantitative estimate of drug-likeness (QED) is 0.736. The van der Waals surface area contributed by atoms with Crippen molar-refractivity contribution >= 4 is 21.6 Å². The van der Waals surface area contributed by atoms with Gasteiger partial charge in [-0.15, -0.1) is 0 Å². The summed E-state index contributed by atoms with van der Waals surface area (Å²) in [6.07, 6.45) is 2.82. The van der Waals surface area contributed by atoms with Crippen molar-refractivity contribution in [1.82, 2.24) is 9.38 Å². The molecule has 2 heterocycles. The second-order valence-corrected chi connectivity index (χ2v) is 5.15. The van der Waals surface area contributed by atoms with E-state index in [0.29, 0.717) is 0 Å². The highest BCUT2D eigenvalue weighted by molar-refractivity contribution is 9.10. The highest BCUT2D eigenvalue weighted by Crippen LogP contribution is 2.21. The molecule has 19 heavy (non-hydrogen) atoms. The summed E-state index contributed by atoms with van der Waals surface area (Å²) in [4.78, 5) is 4.62. The first-order valence-corrected chi connectivity index (χ1v) is 6.81. The summed E-state index contributed by atoms with van der Waals surface area (Å²) in [5.74, 6) is 0.795. The van der Waals surface area contributed by atoms with E-state index in [-0.39, 0.29) is 0 Å². The Labute approximate surface area is 120 Å². The molecule has 96 valence electrons. The van der Waals surface area contributed by atoms with Crippen molar-refractivity contribution in [1.29, 1.82) is 0 Å². The maximum atomic E-state index is 5.33. The Balaban J connectivity index is 2.00. The van der Waals surface area contributed by atoms with Crippen LogP contribution >= 0.6 is 15.9 Å². The Morgan fingerprint density at radius 1 is 1.16 bits per heavy atom. The molecular weight excluding hydrogens is 304 g/mol. The summed E-state index contributed by atoms with van der Waals surface area (Å²) in [5.41, 5.74) is 3.16. The minimum absolute atomic E-state index is 0.795. The van der Waals surface area contributed by atoms with Crippen LogP contribution in [0, 0.1) is 0 Å². The molecule has 0 amide bonds. The van der Waals surface area contributed by atoms with E-state index in [1.165, 1.54) is 5.56 Å². The number of hydrogen-bond acceptors (Lipinski definition) is 2. The van der Waals surface area contributed by atoms with Crippen LogP contribution in [0.4, 0.5) is 0 Å². The molecule has 2 aromatic heterocycles. The summed E-state index contributed by atoms with van der Waals surface area (Å²) in [6, 6.07) is 14.1. The minimum Gasteiger partial charge on any atom is -0.482 e. The smallest absolute Gasteiger partial charge is 0.198 e. The Kier molecular flexibility index (Phi) is 3.25. The van der Waals surface area contributed by atoms with E-state index in [4.69, 9.17) is 4.74 Å². The van der Waals surface area contributed by atoms with Crippen LogP contribution in [-0.2, 0) is 6.42 Å². The lowest BCUT2D eigenvalue weighted by molar-refractivity contribution is 0.392. The molecule has 0 N–H and O–H groups in total. The number of benzene rings is 1. The van der Waals surface area contributed by atoms with E-state index in [1.807, 2.05) is 47.0 Å². The van der Waals surface area contributed by atoms with Gasteiger partial charge in [-0.2, -0.15) is 0 Å². The fraction of sp³-hybridized carbons (Fsp3) is 0.133. The van der Waals surface area contributed by atoms with Gasteiger partial charge < -0.3 is 4.74 Å². The lowest BCUT2D eigenvalue weighted by Gasteiger charge is -2.01. The molecule has 0 saturated heterocycles. The van der Waals surface area contributed by atoms with Gasteiger partial charge in [-0.3, -0.25) is 4.40 Å². The molecule has 0 bridgehead atoms. The van der Waals surface area contributed by atoms with Gasteiger partial charge in [0.05, 0.1) is 12.8 Å². The second-order valence-electron chi connectivity index (χ2n) is 4.30. The van der Waals surface area contributed by atoms with E-state index < -0.39 is 0 Å². The molecular formula is C15H13BrN2O. The number of methoxy groups -OCH3 is 1. The lowest BCUT2D eigenvalue weighted by atomic mass is 10.1. The van der Waals surface area contributed by atoms with Gasteiger partial charge in [0.25, 0.3) is 0 Å². The first-order valence-electron chi connectivity index (χ1n) is 6.02. The maximum absolute atomic E-state index is 5.33. The van der Waals surface area contributed by atoms with Gasteiger partial charge >= 0.3 is 0 Å². The van der Waals surface area contributed by atoms with E-state index in [9.17, 15) is 0 Å². The molecule has 3 nitrogen and oxygen atoms in total. The standard InChI is InChI=1S/C15H13BrN2O/c1-19-15-8-4-7-14-17-12(10-18(14)15)9-11-5-2-3-6-13(11)16/h2-8,10H,9H2,1H3. The van der Waals surface area contributed by atoms with E-state index in [2.05, 4.69) is 27.0 Å². The third-order valence-corrected chi connectivity index (χ3v) is 3.82. The molecule has 0 aliphatic carbocycles. The van der Waals surface area contributed by atoms with Crippen molar-refractivity contribution < 1.29 is 4.74 Å². The van der Waals surface area contributed by atoms with Crippen LogP contribution in [0.2, 0.25) is 0 Å². The molecule has 0 spiro atoms. The van der Waals surface area contributed by atoms with E-state index >= 15 is 0 Å². The van der Waals surface area contributed by atoms with Crippen LogP contribution in [0.3, 0.4) is 0 Å². The summed E-state index contributed by atoms with van der Waals surface area (Å²) in [5, 5.41) is 0. The number of hydrogen-bond donors (Lipinski definition) is 0. The highest BCUT2D eigenvalue weighted by Gasteiger charge is 2.07. The van der Waals surface area contributed by atoms with Crippen LogP contribution in [0.5, 0.6) is 5.88 Å². The fourth-order valence-electron chi connectivity index (χ4n) is 2.12. The van der Waals surface area contributed by atoms with Crippen LogP contribution in [0.15, 0.2) is 53.1 Å². The zero-order valence-electron chi connectivity index (χ0n) is 10.5. The Morgan fingerprint density at radius 2 is 2.00 bits per heavy atom. The van der Waals surface area contributed by atoms with Crippen LogP contribution < -0.4 is 4.74 Å². The first kappa shape index (κ1) is 12.2. The third-order valence-electron chi connectivity index (χ3n) is 3.04. The highest BCUT2D eigenvalue weighted by atomic mass is 79.9. The number of fused-ring (bicyclic) bond motifs is 1. The number of nitrogens with zero attached hydrogens (tertiary/aromatic N) is 2. The molecule has 0 saturated carbocycles. The lowest BCUT2D eigenvalue weighted by Crippen LogP contribution is -1.91. The zero-order valence-corrected chi connectivity index (χ0v) is 12.1. The fourth-order valence-corrected chi connectivity index (χ4v) is 2.55. The second kappa shape index (κ2) is 5.05. The SMILES string of the molecule is COc1cccc2nc(Cc3ccccc3Br)cn12. The minimum atomic E-state index is 0.795. The summed E-state index contributed by atoms with van der Waals surface area (Å²) >= 11 is 3.57. The van der Waals surface area contributed by atoms with Crippen molar-refractivity contribution in [3.63, 3.8) is 0 Å². The largest absolute Gasteiger partial charge is 0.482 e. The molecule has 3 rings (SSSR count). The number of halogens is 1. The number of imidazole rings is 1. The molecule has 0 unspecified atom stereocenters. The summed E-state index contributed by atoms with van der Waals surface area (Å²) < 4.78 is 8.40. The van der Waals surface area contributed by atoms with Gasteiger partial charge in [0.1, 0.15) is 5.65 Å². The molecule has 3 aromatic rings. The molecule has 4 heteroatoms. The predicted octanol–water partition coefficient (Wildman–Crippen LogP) is 3.70. The van der Waals surface area contributed by atoms with Crippen LogP contribution in [0.1, 0.15) is 11.3 Å². The number of pyridine rings is 1. The summed E-state index contributed by atoms with van der Waals surface area (Å²) in [6.45, 7) is 0. The van der Waals surface area contributed by atoms with Gasteiger partial charge in [0, 0.05) is 17.1 Å². The Morgan fingerprint density at radius 3 is 2.79 bits per heavy atom. The molecule has 1 aromatic carbocycles. The molecule has 0 fully saturated rings. The van der Waals surface area contributed by atoms with Crippen molar-refractivity contribution in [3.05, 3.63) is 64.4 Å². The van der Waals surface area contributed by atoms with E-state index in [0.717, 1.165) is 28.1 Å². The third kappa shape index (κ3) is 2.36. The number of ether oxygens (including phenoxy) is 1. The van der Waals surface area contributed by atoms with Gasteiger partial charge in [-0.1, -0.05) is 40.2 Å². The van der Waals surface area contributed by atoms with Crippen molar-refractivity contribution in [2.75, 3.05) is 7.11 Å². The van der Waals surface area contributed by atoms with Crippen molar-refractivity contribution in [2.24, 2.45) is 0 Å². The average Bonchev–Trinajstić information content (AvgIpc) is 2.83. The molecule has 0 radical (unpaired) electrons. The Bertz CT molecular complexity index is 721. The van der Waals surface area contributed by atoms with Gasteiger partial charge in [0.2, 0.25) is 0 Å². The average molecular weight is 317 g/mol. The number of aromatic nitrogens is 2. The van der Waals surface area contributed by atoms with Crippen LogP contribution in [-0.4, -0.2) is 16.5 Å². The number of rotatable bonds is 3. The van der Waals surface area contributed by atoms with Crippen molar-refractivity contribution in [3.8, 4) is 5.88 Å². The van der Waals surface area contributed by atoms with Gasteiger partial charge in [-0.05, 0) is 23.8 Å². The maximum Gasteiger partial charge on any atom is 0.198 e. The van der Waals surface area contributed by atoms with Crippen LogP contribution in [0.25, 0.3) is 5.65 Å². The van der Waals surface area contributed by atoms with E-state index in [1.54, 1.807) is 7.11 Å². The van der Waals surface area contributed by atoms with Gasteiger partial charge in [0.15, 0.2) is 5.88 Å². The molecule has 0 atom stereocenters. The predicted molar refractivity (Wildman–Crippen MR) is 78.7 cm³/mol. The summed E-state index contributed by atoms with van der Waals surface area (Å²) in [7, 11) is 1.67. The first-order chi connectivity index (χ1) is 9.28. The topological polar surface area (TPSA) is 26.5 Å². The van der Waals surface area contributed by atoms with Crippen molar-refractivity contribution in [2.45, 2.75) is 6.42 Å². The monoisotopic (exact) mass is 316 g/mol. The molecule has 0 aliphatic rings. The normalized spacial score (nSPS) is 10.8. The van der Waals surface area contributed by atoms with Gasteiger partial charge in [-0.25, -0.2) is 4.98 Å². The zero-order chi connectivity index (χ0) is 13.2. The Hall–Kier alpha value is -1.81. The molecule has 0 aliphatic heterocycles.